The largest absolute Gasteiger partial charge is 0.494 e. The van der Waals surface area contributed by atoms with E-state index in [1.807, 2.05) is 0 Å². The minimum absolute atomic E-state index is 0.0617. The van der Waals surface area contributed by atoms with Gasteiger partial charge in [-0.05, 0) is 12.8 Å². The van der Waals surface area contributed by atoms with Gasteiger partial charge in [0.2, 0.25) is 6.08 Å². The maximum atomic E-state index is 14.5. The van der Waals surface area contributed by atoms with Crippen LogP contribution in [0.2, 0.25) is 0 Å². The molecule has 1 aliphatic heterocycles. The van der Waals surface area contributed by atoms with Crippen molar-refractivity contribution in [1.29, 1.82) is 0 Å². The second kappa shape index (κ2) is 4.24. The maximum Gasteiger partial charge on any atom is 0.235 e. The number of methoxy groups -OCH3 is 1. The number of fused-ring (bicyclic) bond motifs is 1. The summed E-state index contributed by atoms with van der Waals surface area (Å²) < 4.78 is 30.4. The summed E-state index contributed by atoms with van der Waals surface area (Å²) in [5.41, 5.74) is -0.629. The molecule has 1 aromatic rings. The van der Waals surface area contributed by atoms with E-state index < -0.39 is 11.4 Å². The van der Waals surface area contributed by atoms with Gasteiger partial charge in [0.05, 0.1) is 12.7 Å². The fourth-order valence-corrected chi connectivity index (χ4v) is 2.33. The topological polar surface area (TPSA) is 57.1 Å². The minimum Gasteiger partial charge on any atom is -0.494 e. The van der Waals surface area contributed by atoms with Gasteiger partial charge in [0.25, 0.3) is 0 Å². The van der Waals surface area contributed by atoms with Crippen molar-refractivity contribution >= 4 is 6.08 Å². The number of ether oxygens (including phenoxy) is 3. The maximum absolute atomic E-state index is 14.5. The quantitative estimate of drug-likeness (QED) is 0.619. The van der Waals surface area contributed by atoms with Crippen molar-refractivity contribution in [3.63, 3.8) is 0 Å². The molecule has 2 aliphatic rings. The van der Waals surface area contributed by atoms with Crippen molar-refractivity contribution in [1.82, 2.24) is 0 Å². The first-order valence-corrected chi connectivity index (χ1v) is 5.97. The van der Waals surface area contributed by atoms with Crippen LogP contribution in [0.25, 0.3) is 0 Å². The lowest BCUT2D eigenvalue weighted by atomic mass is 10.0. The van der Waals surface area contributed by atoms with Crippen molar-refractivity contribution in [2.45, 2.75) is 18.4 Å². The molecule has 19 heavy (non-hydrogen) atoms. The first-order valence-electron chi connectivity index (χ1n) is 5.97. The molecule has 0 saturated heterocycles. The molecular weight excluding hydrogens is 253 g/mol. The Morgan fingerprint density at radius 1 is 1.42 bits per heavy atom. The third kappa shape index (κ3) is 1.76. The van der Waals surface area contributed by atoms with Crippen LogP contribution in [0.5, 0.6) is 17.2 Å². The van der Waals surface area contributed by atoms with E-state index in [0.29, 0.717) is 37.6 Å². The van der Waals surface area contributed by atoms with Crippen molar-refractivity contribution in [2.75, 3.05) is 20.3 Å². The Kier molecular flexibility index (Phi) is 2.68. The summed E-state index contributed by atoms with van der Waals surface area (Å²) in [6.45, 7) is 0.734. The molecule has 0 N–H and O–H groups in total. The van der Waals surface area contributed by atoms with E-state index in [1.54, 1.807) is 0 Å². The van der Waals surface area contributed by atoms with Gasteiger partial charge in [-0.1, -0.05) is 0 Å². The van der Waals surface area contributed by atoms with Gasteiger partial charge >= 0.3 is 0 Å². The molecule has 0 bridgehead atoms. The predicted molar refractivity (Wildman–Crippen MR) is 63.0 cm³/mol. The van der Waals surface area contributed by atoms with Gasteiger partial charge in [0.15, 0.2) is 23.1 Å². The zero-order valence-electron chi connectivity index (χ0n) is 10.4. The first kappa shape index (κ1) is 12.0. The number of benzene rings is 1. The summed E-state index contributed by atoms with van der Waals surface area (Å²) >= 11 is 0. The summed E-state index contributed by atoms with van der Waals surface area (Å²) in [4.78, 5) is 14.3. The molecule has 0 spiro atoms. The van der Waals surface area contributed by atoms with Crippen LogP contribution in [0.1, 0.15) is 18.4 Å². The van der Waals surface area contributed by atoms with E-state index in [0.717, 1.165) is 0 Å². The molecule has 1 heterocycles. The first-order chi connectivity index (χ1) is 9.22. The van der Waals surface area contributed by atoms with Crippen LogP contribution in [-0.2, 0) is 10.3 Å². The fourth-order valence-electron chi connectivity index (χ4n) is 2.33. The lowest BCUT2D eigenvalue weighted by Gasteiger charge is -2.24. The molecule has 0 unspecified atom stereocenters. The second-order valence-corrected chi connectivity index (χ2v) is 4.53. The zero-order valence-corrected chi connectivity index (χ0v) is 10.4. The van der Waals surface area contributed by atoms with E-state index in [9.17, 15) is 9.18 Å². The van der Waals surface area contributed by atoms with Gasteiger partial charge < -0.3 is 14.2 Å². The highest BCUT2D eigenvalue weighted by molar-refractivity contribution is 5.59. The summed E-state index contributed by atoms with van der Waals surface area (Å²) in [6, 6.07) is 1.45. The lowest BCUT2D eigenvalue weighted by Crippen LogP contribution is -2.20. The third-order valence-corrected chi connectivity index (χ3v) is 3.40. The van der Waals surface area contributed by atoms with Gasteiger partial charge in [0, 0.05) is 6.07 Å². The molecule has 1 saturated carbocycles. The van der Waals surface area contributed by atoms with Crippen LogP contribution in [0, 0.1) is 5.82 Å². The van der Waals surface area contributed by atoms with E-state index in [-0.39, 0.29) is 11.3 Å². The number of halogens is 1. The van der Waals surface area contributed by atoms with Crippen LogP contribution in [0.4, 0.5) is 4.39 Å². The molecule has 1 aliphatic carbocycles. The van der Waals surface area contributed by atoms with Gasteiger partial charge in [-0.25, -0.2) is 9.18 Å². The Morgan fingerprint density at radius 3 is 2.79 bits per heavy atom. The highest BCUT2D eigenvalue weighted by Crippen LogP contribution is 2.57. The van der Waals surface area contributed by atoms with Crippen molar-refractivity contribution in [2.24, 2.45) is 4.99 Å². The Balaban J connectivity index is 2.24. The number of isocyanates is 1. The van der Waals surface area contributed by atoms with Gasteiger partial charge in [-0.15, -0.1) is 0 Å². The molecule has 0 radical (unpaired) electrons. The van der Waals surface area contributed by atoms with Crippen molar-refractivity contribution in [3.05, 3.63) is 17.4 Å². The van der Waals surface area contributed by atoms with Gasteiger partial charge in [-0.3, -0.25) is 0 Å². The molecule has 0 amide bonds. The van der Waals surface area contributed by atoms with E-state index in [2.05, 4.69) is 4.99 Å². The van der Waals surface area contributed by atoms with Crippen LogP contribution >= 0.6 is 0 Å². The molecule has 100 valence electrons. The monoisotopic (exact) mass is 265 g/mol. The molecule has 0 atom stereocenters. The Hall–Kier alpha value is -2.07. The molecule has 1 fully saturated rings. The molecule has 1 aromatic carbocycles. The zero-order chi connectivity index (χ0) is 13.5. The van der Waals surface area contributed by atoms with Crippen LogP contribution < -0.4 is 14.2 Å². The number of rotatable bonds is 3. The number of aliphatic imine (C=N–C) groups is 1. The average Bonchev–Trinajstić information content (AvgIpc) is 3.19. The Morgan fingerprint density at radius 2 is 2.16 bits per heavy atom. The molecule has 3 rings (SSSR count). The summed E-state index contributed by atoms with van der Waals surface area (Å²) in [7, 11) is 1.38. The van der Waals surface area contributed by atoms with Crippen molar-refractivity contribution in [3.8, 4) is 17.2 Å². The highest BCUT2D eigenvalue weighted by Gasteiger charge is 2.50. The van der Waals surface area contributed by atoms with E-state index in [1.165, 1.54) is 19.3 Å². The summed E-state index contributed by atoms with van der Waals surface area (Å²) in [5.74, 6) is 0.253. The SMILES string of the molecule is COc1cc2c(c(C3(N=C=O)CC3)c1F)OCCO2. The third-order valence-electron chi connectivity index (χ3n) is 3.40. The summed E-state index contributed by atoms with van der Waals surface area (Å²) in [5, 5.41) is 0. The second-order valence-electron chi connectivity index (χ2n) is 4.53. The molecular formula is C13H12FNO4. The number of carbonyl (C=O) groups excluding carboxylic acids is 1. The highest BCUT2D eigenvalue weighted by atomic mass is 19.1. The Bertz CT molecular complexity index is 576. The Labute approximate surface area is 109 Å². The number of hydrogen-bond donors (Lipinski definition) is 0. The number of hydrogen-bond acceptors (Lipinski definition) is 5. The smallest absolute Gasteiger partial charge is 0.235 e. The van der Waals surface area contributed by atoms with E-state index in [4.69, 9.17) is 14.2 Å². The van der Waals surface area contributed by atoms with E-state index >= 15 is 0 Å². The molecule has 5 nitrogen and oxygen atoms in total. The van der Waals surface area contributed by atoms with Gasteiger partial charge in [-0.2, -0.15) is 4.99 Å². The fraction of sp³-hybridized carbons (Fsp3) is 0.462. The van der Waals surface area contributed by atoms with Gasteiger partial charge in [0.1, 0.15) is 18.8 Å². The standard InChI is InChI=1S/C13H12FNO4/c1-17-8-6-9-12(19-5-4-18-9)10(11(8)14)13(2-3-13)15-7-16/h6H,2-5H2,1H3. The van der Waals surface area contributed by atoms with Crippen LogP contribution in [0.3, 0.4) is 0 Å². The predicted octanol–water partition coefficient (Wildman–Crippen LogP) is 1.93. The molecule has 6 heteroatoms. The minimum atomic E-state index is -0.870. The summed E-state index contributed by atoms with van der Waals surface area (Å²) in [6.07, 6.45) is 2.68. The normalized spacial score (nSPS) is 18.4. The van der Waals surface area contributed by atoms with Crippen LogP contribution in [0.15, 0.2) is 11.1 Å². The average molecular weight is 265 g/mol. The lowest BCUT2D eigenvalue weighted by molar-refractivity contribution is 0.166. The van der Waals surface area contributed by atoms with Crippen molar-refractivity contribution < 1.29 is 23.4 Å². The molecule has 0 aromatic heterocycles. The number of nitrogens with zero attached hydrogens (tertiary/aromatic N) is 1. The van der Waals surface area contributed by atoms with Crippen LogP contribution in [-0.4, -0.2) is 26.4 Å².